The maximum absolute atomic E-state index is 13.2. The standard InChI is InChI=1S/C13H15FO3/c1-8(7-13(16)17)6-12(15)10-4-3-5-11(14)9(10)2/h3-5,8H,6-7H2,1-2H3,(H,16,17). The highest BCUT2D eigenvalue weighted by Gasteiger charge is 2.16. The summed E-state index contributed by atoms with van der Waals surface area (Å²) in [4.78, 5) is 22.3. The fourth-order valence-electron chi connectivity index (χ4n) is 1.71. The third-order valence-electron chi connectivity index (χ3n) is 2.63. The van der Waals surface area contributed by atoms with Crippen LogP contribution in [0.3, 0.4) is 0 Å². The van der Waals surface area contributed by atoms with Crippen LogP contribution < -0.4 is 0 Å². The molecule has 0 amide bonds. The topological polar surface area (TPSA) is 54.4 Å². The van der Waals surface area contributed by atoms with Crippen molar-refractivity contribution in [1.29, 1.82) is 0 Å². The summed E-state index contributed by atoms with van der Waals surface area (Å²) in [5.74, 6) is -1.80. The SMILES string of the molecule is Cc1c(F)cccc1C(=O)CC(C)CC(=O)O. The molecule has 0 aliphatic rings. The van der Waals surface area contributed by atoms with Gasteiger partial charge in [-0.05, 0) is 24.5 Å². The number of carboxylic acids is 1. The smallest absolute Gasteiger partial charge is 0.303 e. The third-order valence-corrected chi connectivity index (χ3v) is 2.63. The van der Waals surface area contributed by atoms with Crippen LogP contribution in [0.4, 0.5) is 4.39 Å². The molecule has 0 saturated carbocycles. The Labute approximate surface area is 99.3 Å². The van der Waals surface area contributed by atoms with Gasteiger partial charge in [0, 0.05) is 18.4 Å². The Morgan fingerprint density at radius 3 is 2.59 bits per heavy atom. The highest BCUT2D eigenvalue weighted by atomic mass is 19.1. The minimum absolute atomic E-state index is 0.0555. The number of carbonyl (C=O) groups is 2. The lowest BCUT2D eigenvalue weighted by Gasteiger charge is -2.09. The summed E-state index contributed by atoms with van der Waals surface area (Å²) in [6, 6.07) is 4.35. The summed E-state index contributed by atoms with van der Waals surface area (Å²) in [6.07, 6.45) is 0.0662. The van der Waals surface area contributed by atoms with Crippen molar-refractivity contribution >= 4 is 11.8 Å². The van der Waals surface area contributed by atoms with Gasteiger partial charge in [-0.2, -0.15) is 0 Å². The Hall–Kier alpha value is -1.71. The Kier molecular flexibility index (Phi) is 4.37. The molecule has 0 radical (unpaired) electrons. The minimum Gasteiger partial charge on any atom is -0.481 e. The van der Waals surface area contributed by atoms with Crippen LogP contribution in [0.25, 0.3) is 0 Å². The van der Waals surface area contributed by atoms with E-state index in [1.165, 1.54) is 12.1 Å². The van der Waals surface area contributed by atoms with Gasteiger partial charge < -0.3 is 5.11 Å². The number of benzene rings is 1. The van der Waals surface area contributed by atoms with Gasteiger partial charge in [-0.3, -0.25) is 9.59 Å². The number of rotatable bonds is 5. The van der Waals surface area contributed by atoms with Crippen LogP contribution >= 0.6 is 0 Å². The molecule has 0 aliphatic heterocycles. The van der Waals surface area contributed by atoms with Crippen molar-refractivity contribution in [3.05, 3.63) is 35.1 Å². The zero-order chi connectivity index (χ0) is 13.0. The molecule has 1 unspecified atom stereocenters. The summed E-state index contributed by atoms with van der Waals surface area (Å²) >= 11 is 0. The molecule has 1 atom stereocenters. The predicted molar refractivity (Wildman–Crippen MR) is 61.5 cm³/mol. The monoisotopic (exact) mass is 238 g/mol. The van der Waals surface area contributed by atoms with E-state index in [4.69, 9.17) is 5.11 Å². The van der Waals surface area contributed by atoms with Crippen LogP contribution in [0.2, 0.25) is 0 Å². The number of aliphatic carboxylic acids is 1. The maximum atomic E-state index is 13.2. The van der Waals surface area contributed by atoms with Crippen molar-refractivity contribution < 1.29 is 19.1 Å². The molecule has 0 spiro atoms. The van der Waals surface area contributed by atoms with Crippen molar-refractivity contribution in [2.45, 2.75) is 26.7 Å². The molecule has 1 aromatic rings. The molecule has 1 rings (SSSR count). The lowest BCUT2D eigenvalue weighted by atomic mass is 9.95. The average Bonchev–Trinajstić information content (AvgIpc) is 2.20. The first-order chi connectivity index (χ1) is 7.91. The molecule has 4 heteroatoms. The number of ketones is 1. The quantitative estimate of drug-likeness (QED) is 0.802. The highest BCUT2D eigenvalue weighted by Crippen LogP contribution is 2.17. The molecule has 3 nitrogen and oxygen atoms in total. The number of carboxylic acid groups (broad SMARTS) is 1. The van der Waals surface area contributed by atoms with Crippen molar-refractivity contribution in [1.82, 2.24) is 0 Å². The van der Waals surface area contributed by atoms with Crippen molar-refractivity contribution in [3.8, 4) is 0 Å². The fourth-order valence-corrected chi connectivity index (χ4v) is 1.71. The third kappa shape index (κ3) is 3.66. The van der Waals surface area contributed by atoms with E-state index in [1.807, 2.05) is 0 Å². The van der Waals surface area contributed by atoms with Gasteiger partial charge in [0.05, 0.1) is 0 Å². The predicted octanol–water partition coefficient (Wildman–Crippen LogP) is 2.82. The second-order valence-corrected chi connectivity index (χ2v) is 4.24. The first-order valence-electron chi connectivity index (χ1n) is 5.42. The first-order valence-corrected chi connectivity index (χ1v) is 5.42. The normalized spacial score (nSPS) is 12.2. The van der Waals surface area contributed by atoms with Crippen LogP contribution in [0.5, 0.6) is 0 Å². The minimum atomic E-state index is -0.929. The van der Waals surface area contributed by atoms with E-state index < -0.39 is 11.8 Å². The summed E-state index contributed by atoms with van der Waals surface area (Å²) in [6.45, 7) is 3.24. The summed E-state index contributed by atoms with van der Waals surface area (Å²) in [5, 5.41) is 8.59. The number of halogens is 1. The Morgan fingerprint density at radius 1 is 1.35 bits per heavy atom. The van der Waals surface area contributed by atoms with Gasteiger partial charge >= 0.3 is 5.97 Å². The van der Waals surface area contributed by atoms with Gasteiger partial charge in [0.15, 0.2) is 5.78 Å². The Bertz CT molecular complexity index is 440. The molecule has 17 heavy (non-hydrogen) atoms. The van der Waals surface area contributed by atoms with Gasteiger partial charge in [-0.15, -0.1) is 0 Å². The number of carbonyl (C=O) groups excluding carboxylic acids is 1. The van der Waals surface area contributed by atoms with Crippen LogP contribution in [-0.2, 0) is 4.79 Å². The molecule has 0 aromatic heterocycles. The van der Waals surface area contributed by atoms with Crippen molar-refractivity contribution in [3.63, 3.8) is 0 Å². The van der Waals surface area contributed by atoms with Crippen LogP contribution in [0, 0.1) is 18.7 Å². The number of hydrogen-bond donors (Lipinski definition) is 1. The molecule has 1 N–H and O–H groups in total. The average molecular weight is 238 g/mol. The molecule has 0 aliphatic carbocycles. The molecule has 0 bridgehead atoms. The highest BCUT2D eigenvalue weighted by molar-refractivity contribution is 5.97. The molecule has 0 saturated heterocycles. The van der Waals surface area contributed by atoms with E-state index in [0.717, 1.165) is 0 Å². The lowest BCUT2D eigenvalue weighted by Crippen LogP contribution is -2.11. The number of Topliss-reactive ketones (excluding diaryl/α,β-unsaturated/α-hetero) is 1. The summed E-state index contributed by atoms with van der Waals surface area (Å²) < 4.78 is 13.2. The zero-order valence-electron chi connectivity index (χ0n) is 9.87. The number of hydrogen-bond acceptors (Lipinski definition) is 2. The second kappa shape index (κ2) is 5.57. The first kappa shape index (κ1) is 13.4. The van der Waals surface area contributed by atoms with Crippen LogP contribution in [0.15, 0.2) is 18.2 Å². The molecule has 1 aromatic carbocycles. The largest absolute Gasteiger partial charge is 0.481 e. The van der Waals surface area contributed by atoms with E-state index in [1.54, 1.807) is 19.9 Å². The second-order valence-electron chi connectivity index (χ2n) is 4.24. The van der Waals surface area contributed by atoms with E-state index in [-0.39, 0.29) is 24.5 Å². The van der Waals surface area contributed by atoms with E-state index in [0.29, 0.717) is 11.1 Å². The van der Waals surface area contributed by atoms with Crippen LogP contribution in [0.1, 0.15) is 35.7 Å². The van der Waals surface area contributed by atoms with Crippen molar-refractivity contribution in [2.75, 3.05) is 0 Å². The molecule has 0 heterocycles. The van der Waals surface area contributed by atoms with Crippen molar-refractivity contribution in [2.24, 2.45) is 5.92 Å². The molecular weight excluding hydrogens is 223 g/mol. The van der Waals surface area contributed by atoms with Gasteiger partial charge in [0.1, 0.15) is 5.82 Å². The van der Waals surface area contributed by atoms with Gasteiger partial charge in [-0.1, -0.05) is 19.1 Å². The van der Waals surface area contributed by atoms with Gasteiger partial charge in [0.2, 0.25) is 0 Å². The summed E-state index contributed by atoms with van der Waals surface area (Å²) in [5.41, 5.74) is 0.655. The lowest BCUT2D eigenvalue weighted by molar-refractivity contribution is -0.137. The summed E-state index contributed by atoms with van der Waals surface area (Å²) in [7, 11) is 0. The van der Waals surface area contributed by atoms with E-state index in [2.05, 4.69) is 0 Å². The molecule has 0 fully saturated rings. The van der Waals surface area contributed by atoms with Gasteiger partial charge in [0.25, 0.3) is 0 Å². The Balaban J connectivity index is 2.77. The maximum Gasteiger partial charge on any atom is 0.303 e. The van der Waals surface area contributed by atoms with E-state index in [9.17, 15) is 14.0 Å². The van der Waals surface area contributed by atoms with Crippen LogP contribution in [-0.4, -0.2) is 16.9 Å². The van der Waals surface area contributed by atoms with E-state index >= 15 is 0 Å². The Morgan fingerprint density at radius 2 is 2.00 bits per heavy atom. The molecule has 92 valence electrons. The fraction of sp³-hybridized carbons (Fsp3) is 0.385. The zero-order valence-corrected chi connectivity index (χ0v) is 9.87. The molecular formula is C13H15FO3. The van der Waals surface area contributed by atoms with Gasteiger partial charge in [-0.25, -0.2) is 4.39 Å².